The lowest BCUT2D eigenvalue weighted by atomic mass is 10.1. The van der Waals surface area contributed by atoms with Crippen LogP contribution in [0.1, 0.15) is 35.8 Å². The Kier molecular flexibility index (Phi) is 4.18. The van der Waals surface area contributed by atoms with Crippen LogP contribution in [0, 0.1) is 10.1 Å². The van der Waals surface area contributed by atoms with Gasteiger partial charge in [-0.1, -0.05) is 13.8 Å². The Hall–Kier alpha value is -2.48. The number of hydrogen-bond acceptors (Lipinski definition) is 6. The first-order valence-corrected chi connectivity index (χ1v) is 7.00. The van der Waals surface area contributed by atoms with Gasteiger partial charge >= 0.3 is 5.97 Å². The summed E-state index contributed by atoms with van der Waals surface area (Å²) in [6.07, 6.45) is 0. The highest BCUT2D eigenvalue weighted by atomic mass is 32.1. The van der Waals surface area contributed by atoms with Crippen LogP contribution >= 0.6 is 11.3 Å². The topological polar surface area (TPSA) is 105 Å². The van der Waals surface area contributed by atoms with Crippen molar-refractivity contribution in [1.29, 1.82) is 0 Å². The molecule has 0 radical (unpaired) electrons. The van der Waals surface area contributed by atoms with Crippen LogP contribution in [-0.2, 0) is 0 Å². The molecular weight excluding hydrogens is 294 g/mol. The van der Waals surface area contributed by atoms with Crippen molar-refractivity contribution in [2.75, 3.05) is 5.32 Å². The van der Waals surface area contributed by atoms with Crippen LogP contribution in [0.3, 0.4) is 0 Å². The molecule has 2 aromatic rings. The van der Waals surface area contributed by atoms with Crippen LogP contribution in [0.15, 0.2) is 23.6 Å². The van der Waals surface area contributed by atoms with E-state index in [9.17, 15) is 14.9 Å². The number of thiazole rings is 1. The molecule has 8 heteroatoms. The number of nitrogens with one attached hydrogen (secondary N) is 1. The summed E-state index contributed by atoms with van der Waals surface area (Å²) in [6, 6.07) is 3.72. The summed E-state index contributed by atoms with van der Waals surface area (Å²) in [4.78, 5) is 25.6. The van der Waals surface area contributed by atoms with Gasteiger partial charge in [0.2, 0.25) is 0 Å². The molecule has 1 aromatic carbocycles. The van der Waals surface area contributed by atoms with Crippen molar-refractivity contribution >= 4 is 33.8 Å². The first kappa shape index (κ1) is 14.9. The smallest absolute Gasteiger partial charge is 0.335 e. The second-order valence-corrected chi connectivity index (χ2v) is 5.51. The molecule has 0 saturated carbocycles. The number of aromatic carboxylic acids is 1. The minimum Gasteiger partial charge on any atom is -0.478 e. The summed E-state index contributed by atoms with van der Waals surface area (Å²) < 4.78 is 0. The number of hydrogen-bond donors (Lipinski definition) is 2. The van der Waals surface area contributed by atoms with E-state index in [2.05, 4.69) is 10.3 Å². The number of nitrogens with zero attached hydrogens (tertiary/aromatic N) is 2. The standard InChI is InChI=1S/C13H13N3O4S/c1-7(2)10-6-21-13(15-10)14-9-4-3-8(12(17)18)5-11(9)16(19)20/h3-7H,1-2H3,(H,14,15)(H,17,18). The first-order chi connectivity index (χ1) is 9.88. The predicted octanol–water partition coefficient (Wildman–Crippen LogP) is 3.62. The molecule has 0 spiro atoms. The maximum Gasteiger partial charge on any atom is 0.335 e. The average Bonchev–Trinajstić information content (AvgIpc) is 2.87. The van der Waals surface area contributed by atoms with E-state index in [-0.39, 0.29) is 22.9 Å². The first-order valence-electron chi connectivity index (χ1n) is 6.12. The lowest BCUT2D eigenvalue weighted by Gasteiger charge is -2.05. The fourth-order valence-electron chi connectivity index (χ4n) is 1.65. The van der Waals surface area contributed by atoms with E-state index < -0.39 is 10.9 Å². The van der Waals surface area contributed by atoms with Crippen LogP contribution < -0.4 is 5.32 Å². The fraction of sp³-hybridized carbons (Fsp3) is 0.231. The fourth-order valence-corrected chi connectivity index (χ4v) is 2.53. The van der Waals surface area contributed by atoms with Crippen LogP contribution in [-0.4, -0.2) is 21.0 Å². The zero-order valence-electron chi connectivity index (χ0n) is 11.4. The summed E-state index contributed by atoms with van der Waals surface area (Å²) in [6.45, 7) is 4.01. The van der Waals surface area contributed by atoms with Gasteiger partial charge in [0.1, 0.15) is 5.69 Å². The van der Waals surface area contributed by atoms with Crippen molar-refractivity contribution in [2.24, 2.45) is 0 Å². The Morgan fingerprint density at radius 1 is 1.48 bits per heavy atom. The molecule has 1 aromatic heterocycles. The molecule has 2 rings (SSSR count). The summed E-state index contributed by atoms with van der Waals surface area (Å²) in [5.41, 5.74) is 0.687. The summed E-state index contributed by atoms with van der Waals surface area (Å²) in [5, 5.41) is 25.2. The van der Waals surface area contributed by atoms with E-state index in [1.807, 2.05) is 19.2 Å². The number of rotatable bonds is 5. The van der Waals surface area contributed by atoms with Gasteiger partial charge in [0.25, 0.3) is 5.69 Å². The number of carbonyl (C=O) groups is 1. The average molecular weight is 307 g/mol. The Balaban J connectivity index is 2.34. The van der Waals surface area contributed by atoms with E-state index in [1.165, 1.54) is 23.5 Å². The molecule has 0 unspecified atom stereocenters. The van der Waals surface area contributed by atoms with Gasteiger partial charge in [-0.2, -0.15) is 0 Å². The number of nitro groups is 1. The van der Waals surface area contributed by atoms with E-state index in [0.717, 1.165) is 11.8 Å². The molecule has 1 heterocycles. The molecule has 0 aliphatic carbocycles. The van der Waals surface area contributed by atoms with Crippen molar-refractivity contribution < 1.29 is 14.8 Å². The second kappa shape index (κ2) is 5.88. The highest BCUT2D eigenvalue weighted by Crippen LogP contribution is 2.31. The minimum atomic E-state index is -1.21. The summed E-state index contributed by atoms with van der Waals surface area (Å²) in [7, 11) is 0. The van der Waals surface area contributed by atoms with Gasteiger partial charge in [0.05, 0.1) is 16.2 Å². The van der Waals surface area contributed by atoms with Gasteiger partial charge < -0.3 is 10.4 Å². The molecule has 7 nitrogen and oxygen atoms in total. The Morgan fingerprint density at radius 2 is 2.19 bits per heavy atom. The lowest BCUT2D eigenvalue weighted by Crippen LogP contribution is -2.01. The number of carboxylic acid groups (broad SMARTS) is 1. The van der Waals surface area contributed by atoms with Gasteiger partial charge in [-0.25, -0.2) is 9.78 Å². The van der Waals surface area contributed by atoms with Crippen LogP contribution in [0.25, 0.3) is 0 Å². The molecule has 2 N–H and O–H groups in total. The summed E-state index contributed by atoms with van der Waals surface area (Å²) >= 11 is 1.34. The number of anilines is 2. The largest absolute Gasteiger partial charge is 0.478 e. The monoisotopic (exact) mass is 307 g/mol. The van der Waals surface area contributed by atoms with Gasteiger partial charge in [-0.3, -0.25) is 10.1 Å². The third-order valence-electron chi connectivity index (χ3n) is 2.80. The summed E-state index contributed by atoms with van der Waals surface area (Å²) in [5.74, 6) is -0.942. The number of nitro benzene ring substituents is 1. The highest BCUT2D eigenvalue weighted by Gasteiger charge is 2.18. The highest BCUT2D eigenvalue weighted by molar-refractivity contribution is 7.13. The number of benzene rings is 1. The van der Waals surface area contributed by atoms with Crippen molar-refractivity contribution in [2.45, 2.75) is 19.8 Å². The van der Waals surface area contributed by atoms with Crippen molar-refractivity contribution in [1.82, 2.24) is 4.98 Å². The van der Waals surface area contributed by atoms with Gasteiger partial charge in [0.15, 0.2) is 5.13 Å². The molecule has 0 aliphatic heterocycles. The van der Waals surface area contributed by atoms with Crippen LogP contribution in [0.5, 0.6) is 0 Å². The van der Waals surface area contributed by atoms with Crippen molar-refractivity contribution in [3.63, 3.8) is 0 Å². The Labute approximate surface area is 124 Å². The van der Waals surface area contributed by atoms with Crippen LogP contribution in [0.2, 0.25) is 0 Å². The van der Waals surface area contributed by atoms with Gasteiger partial charge in [-0.15, -0.1) is 11.3 Å². The predicted molar refractivity (Wildman–Crippen MR) is 79.5 cm³/mol. The van der Waals surface area contributed by atoms with Crippen molar-refractivity contribution in [3.8, 4) is 0 Å². The normalized spacial score (nSPS) is 10.6. The van der Waals surface area contributed by atoms with Gasteiger partial charge in [-0.05, 0) is 18.1 Å². The lowest BCUT2D eigenvalue weighted by molar-refractivity contribution is -0.383. The molecule has 0 fully saturated rings. The molecule has 21 heavy (non-hydrogen) atoms. The Morgan fingerprint density at radius 3 is 2.71 bits per heavy atom. The zero-order valence-corrected chi connectivity index (χ0v) is 12.2. The molecule has 0 amide bonds. The maximum absolute atomic E-state index is 11.1. The van der Waals surface area contributed by atoms with Gasteiger partial charge in [0, 0.05) is 11.4 Å². The Bertz CT molecular complexity index is 696. The SMILES string of the molecule is CC(C)c1csc(Nc2ccc(C(=O)O)cc2[N+](=O)[O-])n1. The van der Waals surface area contributed by atoms with E-state index in [0.29, 0.717) is 5.13 Å². The zero-order chi connectivity index (χ0) is 15.6. The molecule has 0 atom stereocenters. The second-order valence-electron chi connectivity index (χ2n) is 4.65. The molecule has 0 aliphatic rings. The quantitative estimate of drug-likeness (QED) is 0.645. The number of aromatic nitrogens is 1. The number of carboxylic acids is 1. The maximum atomic E-state index is 11.1. The molecule has 0 bridgehead atoms. The molecular formula is C13H13N3O4S. The molecule has 0 saturated heterocycles. The van der Waals surface area contributed by atoms with E-state index >= 15 is 0 Å². The minimum absolute atomic E-state index is 0.130. The van der Waals surface area contributed by atoms with E-state index in [1.54, 1.807) is 0 Å². The molecule has 110 valence electrons. The van der Waals surface area contributed by atoms with Crippen LogP contribution in [0.4, 0.5) is 16.5 Å². The van der Waals surface area contributed by atoms with Crippen molar-refractivity contribution in [3.05, 3.63) is 45.0 Å². The van der Waals surface area contributed by atoms with E-state index in [4.69, 9.17) is 5.11 Å². The third kappa shape index (κ3) is 3.34. The third-order valence-corrected chi connectivity index (χ3v) is 3.57.